The van der Waals surface area contributed by atoms with E-state index in [0.717, 1.165) is 38.9 Å². The Morgan fingerprint density at radius 2 is 0.959 bits per heavy atom. The van der Waals surface area contributed by atoms with Gasteiger partial charge < -0.3 is 4.57 Å². The van der Waals surface area contributed by atoms with Gasteiger partial charge in [0.25, 0.3) is 0 Å². The van der Waals surface area contributed by atoms with Crippen LogP contribution in [-0.2, 0) is 0 Å². The predicted molar refractivity (Wildman–Crippen MR) is 207 cm³/mol. The summed E-state index contributed by atoms with van der Waals surface area (Å²) in [5.74, 6) is 0.675. The summed E-state index contributed by atoms with van der Waals surface area (Å²) >= 11 is 1.88. The lowest BCUT2D eigenvalue weighted by Crippen LogP contribution is -2.03. The second-order valence-electron chi connectivity index (χ2n) is 12.5. The van der Waals surface area contributed by atoms with Crippen molar-refractivity contribution in [3.8, 4) is 22.9 Å². The average molecular weight is 643 g/mol. The van der Waals surface area contributed by atoms with Crippen molar-refractivity contribution in [2.75, 3.05) is 0 Å². The molecule has 4 heterocycles. The number of hydrogen-bond acceptors (Lipinski definition) is 3. The lowest BCUT2D eigenvalue weighted by molar-refractivity contribution is 1.02. The van der Waals surface area contributed by atoms with E-state index in [1.807, 2.05) is 11.3 Å². The molecular formula is C44H26N4S. The van der Waals surface area contributed by atoms with Gasteiger partial charge in [-0.1, -0.05) is 127 Å². The number of aromatic nitrogens is 4. The number of rotatable bonds is 3. The Morgan fingerprint density at radius 1 is 0.408 bits per heavy atom. The molecule has 4 nitrogen and oxygen atoms in total. The molecule has 0 aliphatic heterocycles. The molecule has 11 aromatic rings. The van der Waals surface area contributed by atoms with E-state index in [2.05, 4.69) is 167 Å². The van der Waals surface area contributed by atoms with Gasteiger partial charge in [-0.2, -0.15) is 0 Å². The number of thiophene rings is 1. The van der Waals surface area contributed by atoms with Crippen LogP contribution in [0.4, 0.5) is 0 Å². The number of benzene rings is 7. The van der Waals surface area contributed by atoms with Crippen molar-refractivity contribution in [2.24, 2.45) is 0 Å². The van der Waals surface area contributed by atoms with Gasteiger partial charge in [-0.15, -0.1) is 11.3 Å². The van der Waals surface area contributed by atoms with E-state index in [0.29, 0.717) is 5.95 Å². The zero-order chi connectivity index (χ0) is 32.1. The van der Waals surface area contributed by atoms with Gasteiger partial charge in [-0.3, -0.25) is 4.57 Å². The van der Waals surface area contributed by atoms with Crippen LogP contribution in [0.25, 0.3) is 97.6 Å². The molecule has 49 heavy (non-hydrogen) atoms. The quantitative estimate of drug-likeness (QED) is 0.192. The predicted octanol–water partition coefficient (Wildman–Crippen LogP) is 11.9. The summed E-state index contributed by atoms with van der Waals surface area (Å²) in [6.45, 7) is 0. The molecule has 11 rings (SSSR count). The molecule has 5 heteroatoms. The van der Waals surface area contributed by atoms with Crippen molar-refractivity contribution in [1.29, 1.82) is 0 Å². The first-order valence-electron chi connectivity index (χ1n) is 16.5. The minimum Gasteiger partial charge on any atom is -0.308 e. The van der Waals surface area contributed by atoms with Crippen LogP contribution in [0.5, 0.6) is 0 Å². The maximum atomic E-state index is 5.41. The fourth-order valence-electron chi connectivity index (χ4n) is 7.90. The summed E-state index contributed by atoms with van der Waals surface area (Å²) in [6, 6.07) is 56.0. The highest BCUT2D eigenvalue weighted by molar-refractivity contribution is 7.27. The van der Waals surface area contributed by atoms with Gasteiger partial charge in [0, 0.05) is 38.2 Å². The summed E-state index contributed by atoms with van der Waals surface area (Å²) in [5, 5.41) is 8.47. The number of fused-ring (bicyclic) bond motifs is 13. The van der Waals surface area contributed by atoms with Gasteiger partial charge in [0.05, 0.1) is 42.7 Å². The van der Waals surface area contributed by atoms with Crippen molar-refractivity contribution in [3.05, 3.63) is 158 Å². The van der Waals surface area contributed by atoms with Crippen LogP contribution in [0.2, 0.25) is 0 Å². The number of nitrogens with zero attached hydrogens (tertiary/aromatic N) is 4. The smallest absolute Gasteiger partial charge is 0.235 e. The molecule has 228 valence electrons. The van der Waals surface area contributed by atoms with E-state index >= 15 is 0 Å². The van der Waals surface area contributed by atoms with E-state index < -0.39 is 0 Å². The number of hydrogen-bond donors (Lipinski definition) is 0. The molecule has 0 amide bonds. The third-order valence-corrected chi connectivity index (χ3v) is 11.1. The van der Waals surface area contributed by atoms with Gasteiger partial charge in [0.15, 0.2) is 0 Å². The maximum Gasteiger partial charge on any atom is 0.235 e. The molecule has 0 atom stereocenters. The molecule has 0 unspecified atom stereocenters. The zero-order valence-electron chi connectivity index (χ0n) is 26.2. The van der Waals surface area contributed by atoms with E-state index in [1.54, 1.807) is 0 Å². The molecule has 7 aromatic carbocycles. The SMILES string of the molecule is c1ccc(-c2nc(-n3c4ccccc4c4c5ccccc5c5c(sc6c7ccccc7n(-c7ccccc7)c65)c43)nc3ccccc23)cc1. The van der Waals surface area contributed by atoms with Crippen LogP contribution >= 0.6 is 11.3 Å². The molecule has 0 saturated carbocycles. The summed E-state index contributed by atoms with van der Waals surface area (Å²) in [4.78, 5) is 10.7. The second kappa shape index (κ2) is 10.1. The van der Waals surface area contributed by atoms with Crippen molar-refractivity contribution in [1.82, 2.24) is 19.1 Å². The fraction of sp³-hybridized carbons (Fsp3) is 0. The zero-order valence-corrected chi connectivity index (χ0v) is 27.0. The Labute approximate surface area is 284 Å². The molecule has 0 aliphatic carbocycles. The third kappa shape index (κ3) is 3.68. The molecule has 0 aliphatic rings. The molecule has 4 aromatic heterocycles. The average Bonchev–Trinajstić information content (AvgIpc) is 3.83. The highest BCUT2D eigenvalue weighted by Gasteiger charge is 2.26. The first kappa shape index (κ1) is 26.7. The molecule has 0 radical (unpaired) electrons. The Balaban J connectivity index is 1.39. The van der Waals surface area contributed by atoms with Crippen LogP contribution in [0.1, 0.15) is 0 Å². The maximum absolute atomic E-state index is 5.41. The minimum absolute atomic E-state index is 0.675. The molecule has 0 fully saturated rings. The van der Waals surface area contributed by atoms with E-state index in [4.69, 9.17) is 9.97 Å². The Bertz CT molecular complexity index is 3100. The molecular weight excluding hydrogens is 617 g/mol. The standard InChI is InChI=1S/C44H26N4S/c1-3-15-27(16-4-1)39-31-21-9-12-24-34(31)45-44(46-39)48-35-25-13-10-22-32(35)37-29-19-7-8-20-30(29)38-41-42(49-43(38)40(37)48)33-23-11-14-26-36(33)47(41)28-17-5-2-6-18-28/h1-26H. The molecule has 0 spiro atoms. The van der Waals surface area contributed by atoms with Crippen LogP contribution in [0, 0.1) is 0 Å². The van der Waals surface area contributed by atoms with Crippen LogP contribution in [-0.4, -0.2) is 19.1 Å². The minimum atomic E-state index is 0.675. The highest BCUT2D eigenvalue weighted by Crippen LogP contribution is 2.50. The van der Waals surface area contributed by atoms with Crippen LogP contribution in [0.15, 0.2) is 158 Å². The summed E-state index contributed by atoms with van der Waals surface area (Å²) in [7, 11) is 0. The lowest BCUT2D eigenvalue weighted by atomic mass is 10.00. The van der Waals surface area contributed by atoms with Crippen molar-refractivity contribution >= 4 is 86.0 Å². The van der Waals surface area contributed by atoms with Crippen LogP contribution < -0.4 is 0 Å². The lowest BCUT2D eigenvalue weighted by Gasteiger charge is -2.13. The third-order valence-electron chi connectivity index (χ3n) is 9.90. The van der Waals surface area contributed by atoms with Crippen molar-refractivity contribution in [2.45, 2.75) is 0 Å². The first-order valence-corrected chi connectivity index (χ1v) is 17.3. The van der Waals surface area contributed by atoms with Crippen molar-refractivity contribution in [3.63, 3.8) is 0 Å². The molecule has 0 bridgehead atoms. The summed E-state index contributed by atoms with van der Waals surface area (Å²) < 4.78 is 7.30. The highest BCUT2D eigenvalue weighted by atomic mass is 32.1. The van der Waals surface area contributed by atoms with Gasteiger partial charge in [-0.25, -0.2) is 9.97 Å². The monoisotopic (exact) mass is 642 g/mol. The van der Waals surface area contributed by atoms with E-state index in [-0.39, 0.29) is 0 Å². The Hall–Kier alpha value is -6.30. The fourth-order valence-corrected chi connectivity index (χ4v) is 9.27. The second-order valence-corrected chi connectivity index (χ2v) is 13.6. The Morgan fingerprint density at radius 3 is 1.71 bits per heavy atom. The normalized spacial score (nSPS) is 12.1. The molecule has 0 saturated heterocycles. The topological polar surface area (TPSA) is 35.6 Å². The van der Waals surface area contributed by atoms with Crippen molar-refractivity contribution < 1.29 is 0 Å². The van der Waals surface area contributed by atoms with Gasteiger partial charge in [0.1, 0.15) is 0 Å². The molecule has 0 N–H and O–H groups in total. The van der Waals surface area contributed by atoms with Gasteiger partial charge >= 0.3 is 0 Å². The van der Waals surface area contributed by atoms with Gasteiger partial charge in [-0.05, 0) is 41.1 Å². The van der Waals surface area contributed by atoms with E-state index in [9.17, 15) is 0 Å². The Kier molecular flexibility index (Phi) is 5.51. The van der Waals surface area contributed by atoms with Crippen LogP contribution in [0.3, 0.4) is 0 Å². The number of para-hydroxylation sites is 4. The van der Waals surface area contributed by atoms with Gasteiger partial charge in [0.2, 0.25) is 5.95 Å². The summed E-state index contributed by atoms with van der Waals surface area (Å²) in [6.07, 6.45) is 0. The largest absolute Gasteiger partial charge is 0.308 e. The van der Waals surface area contributed by atoms with E-state index in [1.165, 1.54) is 52.8 Å². The summed E-state index contributed by atoms with van der Waals surface area (Å²) in [5.41, 5.74) is 8.78. The first-order chi connectivity index (χ1) is 24.3.